The lowest BCUT2D eigenvalue weighted by atomic mass is 10.2. The summed E-state index contributed by atoms with van der Waals surface area (Å²) < 4.78 is 9.26. The monoisotopic (exact) mass is 276 g/mol. The molecule has 0 bridgehead atoms. The molecule has 0 heterocycles. The number of carboxylic acids is 1. The number of aliphatic carboxylic acids is 1. The molecular weight excluding hydrogens is 264 g/mol. The Morgan fingerprint density at radius 3 is 2.33 bits per heavy atom. The maximum atomic E-state index is 11.4. The van der Waals surface area contributed by atoms with Gasteiger partial charge in [0.25, 0.3) is 0 Å². The Labute approximate surface area is 109 Å². The van der Waals surface area contributed by atoms with Crippen molar-refractivity contribution < 1.29 is 29.0 Å². The van der Waals surface area contributed by atoms with Gasteiger partial charge in [-0.3, -0.25) is 9.59 Å². The second kappa shape index (κ2) is 8.30. The van der Waals surface area contributed by atoms with Gasteiger partial charge in [0.2, 0.25) is 0 Å². The van der Waals surface area contributed by atoms with Gasteiger partial charge >= 0.3 is 17.9 Å². The lowest BCUT2D eigenvalue weighted by Gasteiger charge is -2.06. The minimum atomic E-state index is -1.35. The Balaban J connectivity index is 4.32. The van der Waals surface area contributed by atoms with Crippen LogP contribution in [0, 0.1) is 0 Å². The van der Waals surface area contributed by atoms with Crippen molar-refractivity contribution >= 4 is 29.5 Å². The molecular formula is C11H13ClO6. The van der Waals surface area contributed by atoms with Gasteiger partial charge in [0.05, 0.1) is 5.57 Å². The highest BCUT2D eigenvalue weighted by atomic mass is 35.5. The summed E-state index contributed by atoms with van der Waals surface area (Å²) in [6.07, 6.45) is 2.14. The van der Waals surface area contributed by atoms with Crippen LogP contribution >= 0.6 is 11.6 Å². The van der Waals surface area contributed by atoms with E-state index in [-0.39, 0.29) is 18.8 Å². The number of carbonyl (C=O) groups is 3. The molecule has 100 valence electrons. The smallest absolute Gasteiger partial charge is 0.337 e. The van der Waals surface area contributed by atoms with Crippen molar-refractivity contribution in [1.29, 1.82) is 0 Å². The van der Waals surface area contributed by atoms with Gasteiger partial charge < -0.3 is 14.6 Å². The summed E-state index contributed by atoms with van der Waals surface area (Å²) >= 11 is 5.44. The Bertz CT molecular complexity index is 374. The second-order valence-electron chi connectivity index (χ2n) is 3.04. The summed E-state index contributed by atoms with van der Waals surface area (Å²) in [5.41, 5.74) is -0.0692. The molecule has 0 aromatic heterocycles. The molecule has 1 unspecified atom stereocenters. The fraction of sp³-hybridized carbons (Fsp3) is 0.364. The average Bonchev–Trinajstić information content (AvgIpc) is 2.30. The Hall–Kier alpha value is -1.82. The highest BCUT2D eigenvalue weighted by Crippen LogP contribution is 2.06. The molecule has 0 spiro atoms. The average molecular weight is 277 g/mol. The molecule has 6 nitrogen and oxygen atoms in total. The first-order valence-electron chi connectivity index (χ1n) is 4.90. The molecule has 0 amide bonds. The van der Waals surface area contributed by atoms with Crippen molar-refractivity contribution in [3.63, 3.8) is 0 Å². The standard InChI is InChI=1S/C11H13ClO6/c1-3-8(6-9(12)10(14)15)11(16)18-5-4-17-7(2)13/h3,6,9H,1,4-5H2,2H3,(H,14,15). The zero-order chi connectivity index (χ0) is 14.1. The SMILES string of the molecule is C=CC(=CC(Cl)C(=O)O)C(=O)OCCOC(C)=O. The second-order valence-corrected chi connectivity index (χ2v) is 3.51. The molecule has 0 aliphatic carbocycles. The van der Waals surface area contributed by atoms with E-state index in [1.54, 1.807) is 0 Å². The molecule has 7 heteroatoms. The number of ether oxygens (including phenoxy) is 2. The lowest BCUT2D eigenvalue weighted by molar-refractivity contribution is -0.148. The van der Waals surface area contributed by atoms with E-state index in [2.05, 4.69) is 11.3 Å². The molecule has 0 aromatic rings. The Morgan fingerprint density at radius 1 is 1.33 bits per heavy atom. The molecule has 1 N–H and O–H groups in total. The van der Waals surface area contributed by atoms with Crippen LogP contribution < -0.4 is 0 Å². The van der Waals surface area contributed by atoms with Crippen LogP contribution in [0.3, 0.4) is 0 Å². The normalized spacial score (nSPS) is 12.4. The maximum absolute atomic E-state index is 11.4. The summed E-state index contributed by atoms with van der Waals surface area (Å²) in [6, 6.07) is 0. The molecule has 1 atom stereocenters. The van der Waals surface area contributed by atoms with E-state index in [0.29, 0.717) is 0 Å². The molecule has 0 radical (unpaired) electrons. The minimum Gasteiger partial charge on any atom is -0.480 e. The van der Waals surface area contributed by atoms with Crippen molar-refractivity contribution in [3.05, 3.63) is 24.3 Å². The molecule has 0 aliphatic rings. The molecule has 0 aliphatic heterocycles. The number of esters is 2. The quantitative estimate of drug-likeness (QED) is 0.244. The molecule has 0 saturated heterocycles. The van der Waals surface area contributed by atoms with Crippen LogP contribution in [0.25, 0.3) is 0 Å². The largest absolute Gasteiger partial charge is 0.480 e. The topological polar surface area (TPSA) is 89.9 Å². The van der Waals surface area contributed by atoms with E-state index >= 15 is 0 Å². The zero-order valence-electron chi connectivity index (χ0n) is 9.72. The van der Waals surface area contributed by atoms with Gasteiger partial charge in [-0.15, -0.1) is 11.6 Å². The van der Waals surface area contributed by atoms with Crippen molar-refractivity contribution in [1.82, 2.24) is 0 Å². The summed E-state index contributed by atoms with van der Waals surface area (Å²) in [5.74, 6) is -2.56. The number of alkyl halides is 1. The van der Waals surface area contributed by atoms with Crippen LogP contribution in [-0.2, 0) is 23.9 Å². The molecule has 0 rings (SSSR count). The predicted octanol–water partition coefficient (Wildman–Crippen LogP) is 0.897. The maximum Gasteiger partial charge on any atom is 0.337 e. The summed E-state index contributed by atoms with van der Waals surface area (Å²) in [6.45, 7) is 4.36. The lowest BCUT2D eigenvalue weighted by Crippen LogP contribution is -2.16. The van der Waals surface area contributed by atoms with Gasteiger partial charge in [-0.25, -0.2) is 4.79 Å². The Kier molecular flexibility index (Phi) is 7.46. The summed E-state index contributed by atoms with van der Waals surface area (Å²) in [5, 5.41) is 7.21. The van der Waals surface area contributed by atoms with E-state index in [4.69, 9.17) is 21.4 Å². The van der Waals surface area contributed by atoms with Crippen LogP contribution in [-0.4, -0.2) is 41.6 Å². The zero-order valence-corrected chi connectivity index (χ0v) is 10.5. The number of hydrogen-bond acceptors (Lipinski definition) is 5. The third-order valence-electron chi connectivity index (χ3n) is 1.64. The van der Waals surface area contributed by atoms with Crippen molar-refractivity contribution in [2.24, 2.45) is 0 Å². The predicted molar refractivity (Wildman–Crippen MR) is 63.1 cm³/mol. The van der Waals surface area contributed by atoms with Gasteiger partial charge in [0, 0.05) is 6.92 Å². The highest BCUT2D eigenvalue weighted by Gasteiger charge is 2.15. The van der Waals surface area contributed by atoms with Crippen LogP contribution in [0.5, 0.6) is 0 Å². The Morgan fingerprint density at radius 2 is 1.89 bits per heavy atom. The first-order valence-corrected chi connectivity index (χ1v) is 5.33. The third kappa shape index (κ3) is 6.70. The van der Waals surface area contributed by atoms with Gasteiger partial charge in [0.1, 0.15) is 18.6 Å². The van der Waals surface area contributed by atoms with E-state index in [9.17, 15) is 14.4 Å². The van der Waals surface area contributed by atoms with Crippen LogP contribution in [0.4, 0.5) is 0 Å². The first kappa shape index (κ1) is 16.2. The van der Waals surface area contributed by atoms with Crippen LogP contribution in [0.1, 0.15) is 6.92 Å². The van der Waals surface area contributed by atoms with E-state index in [1.807, 2.05) is 0 Å². The van der Waals surface area contributed by atoms with Crippen molar-refractivity contribution in [2.75, 3.05) is 13.2 Å². The number of carbonyl (C=O) groups excluding carboxylic acids is 2. The van der Waals surface area contributed by atoms with Crippen LogP contribution in [0.15, 0.2) is 24.3 Å². The fourth-order valence-electron chi connectivity index (χ4n) is 0.851. The molecule has 0 aromatic carbocycles. The molecule has 18 heavy (non-hydrogen) atoms. The highest BCUT2D eigenvalue weighted by molar-refractivity contribution is 6.31. The third-order valence-corrected chi connectivity index (χ3v) is 1.95. The van der Waals surface area contributed by atoms with Gasteiger partial charge in [-0.05, 0) is 6.08 Å². The first-order chi connectivity index (χ1) is 8.38. The fourth-order valence-corrected chi connectivity index (χ4v) is 0.987. The minimum absolute atomic E-state index is 0.0692. The van der Waals surface area contributed by atoms with Crippen LogP contribution in [0.2, 0.25) is 0 Å². The van der Waals surface area contributed by atoms with E-state index in [0.717, 1.165) is 12.2 Å². The summed E-state index contributed by atoms with van der Waals surface area (Å²) in [7, 11) is 0. The van der Waals surface area contributed by atoms with E-state index in [1.165, 1.54) is 6.92 Å². The van der Waals surface area contributed by atoms with Crippen molar-refractivity contribution in [3.8, 4) is 0 Å². The van der Waals surface area contributed by atoms with Crippen molar-refractivity contribution in [2.45, 2.75) is 12.3 Å². The number of carboxylic acid groups (broad SMARTS) is 1. The number of halogens is 1. The van der Waals surface area contributed by atoms with E-state index < -0.39 is 23.3 Å². The van der Waals surface area contributed by atoms with Gasteiger partial charge in [0.15, 0.2) is 0 Å². The molecule has 0 fully saturated rings. The van der Waals surface area contributed by atoms with Gasteiger partial charge in [-0.1, -0.05) is 12.7 Å². The number of rotatable bonds is 7. The van der Waals surface area contributed by atoms with Gasteiger partial charge in [-0.2, -0.15) is 0 Å². The summed E-state index contributed by atoms with van der Waals surface area (Å²) in [4.78, 5) is 32.3. The number of hydrogen-bond donors (Lipinski definition) is 1. The molecule has 0 saturated carbocycles.